The van der Waals surface area contributed by atoms with Crippen molar-refractivity contribution in [1.29, 1.82) is 0 Å². The minimum atomic E-state index is -0.828. The third-order valence-corrected chi connectivity index (χ3v) is 2.90. The van der Waals surface area contributed by atoms with E-state index in [1.54, 1.807) is 0 Å². The molecule has 0 aliphatic carbocycles. The highest BCUT2D eigenvalue weighted by molar-refractivity contribution is 5.69. The van der Waals surface area contributed by atoms with Crippen LogP contribution in [0, 0.1) is 0 Å². The number of carbonyl (C=O) groups is 1. The van der Waals surface area contributed by atoms with E-state index in [1.807, 2.05) is 48.2 Å². The number of aromatic nitrogens is 1. The van der Waals surface area contributed by atoms with Crippen LogP contribution in [0.1, 0.15) is 19.0 Å². The van der Waals surface area contributed by atoms with Crippen molar-refractivity contribution in [2.75, 3.05) is 13.1 Å². The summed E-state index contributed by atoms with van der Waals surface area (Å²) in [6.07, 6.45) is 0.899. The van der Waals surface area contributed by atoms with Gasteiger partial charge in [0.25, 0.3) is 0 Å². The SMILES string of the molecule is CCCN(CC(=O)O)Cc1cc(-c2ccccc2)on1. The molecule has 0 atom stereocenters. The number of benzene rings is 1. The summed E-state index contributed by atoms with van der Waals surface area (Å²) in [4.78, 5) is 12.7. The van der Waals surface area contributed by atoms with Gasteiger partial charge in [0.15, 0.2) is 5.76 Å². The number of hydrogen-bond acceptors (Lipinski definition) is 4. The molecule has 0 amide bonds. The Balaban J connectivity index is 2.06. The average molecular weight is 274 g/mol. The number of carboxylic acid groups (broad SMARTS) is 1. The molecule has 2 aromatic rings. The van der Waals surface area contributed by atoms with Gasteiger partial charge in [-0.15, -0.1) is 0 Å². The molecular formula is C15H18N2O3. The molecule has 0 spiro atoms. The van der Waals surface area contributed by atoms with Crippen molar-refractivity contribution >= 4 is 5.97 Å². The zero-order valence-electron chi connectivity index (χ0n) is 11.5. The van der Waals surface area contributed by atoms with Crippen LogP contribution in [0.2, 0.25) is 0 Å². The molecule has 0 radical (unpaired) electrons. The Morgan fingerprint density at radius 2 is 2.10 bits per heavy atom. The van der Waals surface area contributed by atoms with E-state index in [0.29, 0.717) is 12.3 Å². The Morgan fingerprint density at radius 3 is 2.75 bits per heavy atom. The first-order chi connectivity index (χ1) is 9.69. The molecule has 0 aliphatic rings. The van der Waals surface area contributed by atoms with Gasteiger partial charge in [-0.2, -0.15) is 0 Å². The Kier molecular flexibility index (Phi) is 4.90. The summed E-state index contributed by atoms with van der Waals surface area (Å²) in [5.41, 5.74) is 1.71. The van der Waals surface area contributed by atoms with Crippen LogP contribution < -0.4 is 0 Å². The van der Waals surface area contributed by atoms with Gasteiger partial charge in [-0.25, -0.2) is 0 Å². The molecule has 106 valence electrons. The van der Waals surface area contributed by atoms with E-state index in [4.69, 9.17) is 9.63 Å². The van der Waals surface area contributed by atoms with Gasteiger partial charge < -0.3 is 9.63 Å². The molecule has 5 heteroatoms. The highest BCUT2D eigenvalue weighted by atomic mass is 16.5. The average Bonchev–Trinajstić information content (AvgIpc) is 2.88. The second-order valence-corrected chi connectivity index (χ2v) is 4.65. The quantitative estimate of drug-likeness (QED) is 0.840. The lowest BCUT2D eigenvalue weighted by Crippen LogP contribution is -2.30. The van der Waals surface area contributed by atoms with Crippen LogP contribution in [-0.4, -0.2) is 34.2 Å². The summed E-state index contributed by atoms with van der Waals surface area (Å²) >= 11 is 0. The normalized spacial score (nSPS) is 10.9. The highest BCUT2D eigenvalue weighted by Crippen LogP contribution is 2.20. The Hall–Kier alpha value is -2.14. The van der Waals surface area contributed by atoms with Gasteiger partial charge in [0.2, 0.25) is 0 Å². The van der Waals surface area contributed by atoms with Gasteiger partial charge >= 0.3 is 5.97 Å². The second-order valence-electron chi connectivity index (χ2n) is 4.65. The third kappa shape index (κ3) is 3.93. The molecule has 2 rings (SSSR count). The van der Waals surface area contributed by atoms with E-state index in [0.717, 1.165) is 24.2 Å². The minimum absolute atomic E-state index is 0.0152. The fourth-order valence-electron chi connectivity index (χ4n) is 2.08. The predicted molar refractivity (Wildman–Crippen MR) is 75.1 cm³/mol. The Labute approximate surface area is 117 Å². The van der Waals surface area contributed by atoms with Crippen LogP contribution >= 0.6 is 0 Å². The van der Waals surface area contributed by atoms with Crippen LogP contribution in [-0.2, 0) is 11.3 Å². The largest absolute Gasteiger partial charge is 0.480 e. The van der Waals surface area contributed by atoms with Gasteiger partial charge in [0.1, 0.15) is 0 Å². The molecule has 0 bridgehead atoms. The van der Waals surface area contributed by atoms with Crippen molar-refractivity contribution in [3.8, 4) is 11.3 Å². The van der Waals surface area contributed by atoms with E-state index < -0.39 is 5.97 Å². The van der Waals surface area contributed by atoms with Gasteiger partial charge in [0, 0.05) is 18.2 Å². The number of hydrogen-bond donors (Lipinski definition) is 1. The summed E-state index contributed by atoms with van der Waals surface area (Å²) in [5, 5.41) is 12.9. The maximum atomic E-state index is 10.8. The maximum absolute atomic E-state index is 10.8. The lowest BCUT2D eigenvalue weighted by atomic mass is 10.1. The lowest BCUT2D eigenvalue weighted by molar-refractivity contribution is -0.138. The van der Waals surface area contributed by atoms with E-state index in [2.05, 4.69) is 5.16 Å². The molecule has 0 saturated carbocycles. The molecule has 20 heavy (non-hydrogen) atoms. The standard InChI is InChI=1S/C15H18N2O3/c1-2-8-17(11-15(18)19)10-13-9-14(20-16-13)12-6-4-3-5-7-12/h3-7,9H,2,8,10-11H2,1H3,(H,18,19). The smallest absolute Gasteiger partial charge is 0.317 e. The van der Waals surface area contributed by atoms with E-state index >= 15 is 0 Å². The van der Waals surface area contributed by atoms with Crippen LogP contribution in [0.15, 0.2) is 40.9 Å². The zero-order valence-corrected chi connectivity index (χ0v) is 11.5. The second kappa shape index (κ2) is 6.86. The number of aliphatic carboxylic acids is 1. The third-order valence-electron chi connectivity index (χ3n) is 2.90. The van der Waals surface area contributed by atoms with Crippen molar-refractivity contribution in [3.63, 3.8) is 0 Å². The Morgan fingerprint density at radius 1 is 1.35 bits per heavy atom. The minimum Gasteiger partial charge on any atom is -0.480 e. The molecule has 0 saturated heterocycles. The topological polar surface area (TPSA) is 66.6 Å². The summed E-state index contributed by atoms with van der Waals surface area (Å²) < 4.78 is 5.31. The number of rotatable bonds is 7. The number of nitrogens with zero attached hydrogens (tertiary/aromatic N) is 2. The molecule has 1 heterocycles. The molecule has 1 aromatic carbocycles. The van der Waals surface area contributed by atoms with Gasteiger partial charge in [-0.05, 0) is 13.0 Å². The molecule has 1 N–H and O–H groups in total. The zero-order chi connectivity index (χ0) is 14.4. The molecule has 5 nitrogen and oxygen atoms in total. The maximum Gasteiger partial charge on any atom is 0.317 e. The fraction of sp³-hybridized carbons (Fsp3) is 0.333. The molecule has 0 aliphatic heterocycles. The van der Waals surface area contributed by atoms with Gasteiger partial charge in [-0.3, -0.25) is 9.69 Å². The van der Waals surface area contributed by atoms with Gasteiger partial charge in [0.05, 0.1) is 12.2 Å². The first kappa shape index (κ1) is 14.3. The van der Waals surface area contributed by atoms with Crippen molar-refractivity contribution in [2.24, 2.45) is 0 Å². The van der Waals surface area contributed by atoms with Crippen molar-refractivity contribution < 1.29 is 14.4 Å². The summed E-state index contributed by atoms with van der Waals surface area (Å²) in [6, 6.07) is 11.6. The van der Waals surface area contributed by atoms with Crippen molar-refractivity contribution in [2.45, 2.75) is 19.9 Å². The van der Waals surface area contributed by atoms with E-state index in [-0.39, 0.29) is 6.54 Å². The summed E-state index contributed by atoms with van der Waals surface area (Å²) in [5.74, 6) is -0.127. The molecular weight excluding hydrogens is 256 g/mol. The number of carboxylic acids is 1. The summed E-state index contributed by atoms with van der Waals surface area (Å²) in [6.45, 7) is 3.24. The van der Waals surface area contributed by atoms with Crippen molar-refractivity contribution in [3.05, 3.63) is 42.1 Å². The van der Waals surface area contributed by atoms with Crippen LogP contribution in [0.5, 0.6) is 0 Å². The predicted octanol–water partition coefficient (Wildman–Crippen LogP) is 2.64. The molecule has 0 fully saturated rings. The fourth-order valence-corrected chi connectivity index (χ4v) is 2.08. The Bertz CT molecular complexity index is 551. The van der Waals surface area contributed by atoms with Gasteiger partial charge in [-0.1, -0.05) is 42.4 Å². The van der Waals surface area contributed by atoms with Crippen molar-refractivity contribution in [1.82, 2.24) is 10.1 Å². The molecule has 1 aromatic heterocycles. The monoisotopic (exact) mass is 274 g/mol. The van der Waals surface area contributed by atoms with E-state index in [9.17, 15) is 4.79 Å². The molecule has 0 unspecified atom stereocenters. The highest BCUT2D eigenvalue weighted by Gasteiger charge is 2.13. The van der Waals surface area contributed by atoms with Crippen LogP contribution in [0.25, 0.3) is 11.3 Å². The van der Waals surface area contributed by atoms with E-state index in [1.165, 1.54) is 0 Å². The first-order valence-corrected chi connectivity index (χ1v) is 6.64. The van der Waals surface area contributed by atoms with Crippen LogP contribution in [0.4, 0.5) is 0 Å². The lowest BCUT2D eigenvalue weighted by Gasteiger charge is -2.17. The summed E-state index contributed by atoms with van der Waals surface area (Å²) in [7, 11) is 0. The first-order valence-electron chi connectivity index (χ1n) is 6.64. The van der Waals surface area contributed by atoms with Crippen LogP contribution in [0.3, 0.4) is 0 Å².